The first-order chi connectivity index (χ1) is 9.98. The summed E-state index contributed by atoms with van der Waals surface area (Å²) in [4.78, 5) is 1.95. The number of aliphatic hydroxyl groups is 1. The van der Waals surface area contributed by atoms with Gasteiger partial charge in [0.15, 0.2) is 11.5 Å². The molecule has 0 atom stereocenters. The summed E-state index contributed by atoms with van der Waals surface area (Å²) in [5.41, 5.74) is 0.541. The Morgan fingerprint density at radius 3 is 2.38 bits per heavy atom. The number of nitriles is 1. The van der Waals surface area contributed by atoms with Gasteiger partial charge in [0.05, 0.1) is 5.60 Å². The summed E-state index contributed by atoms with van der Waals surface area (Å²) >= 11 is 0. The van der Waals surface area contributed by atoms with Gasteiger partial charge in [0.1, 0.15) is 6.07 Å². The van der Waals surface area contributed by atoms with Gasteiger partial charge in [-0.1, -0.05) is 30.3 Å². The molecule has 2 rings (SSSR count). The van der Waals surface area contributed by atoms with E-state index in [4.69, 9.17) is 5.26 Å². The standard InChI is InChI=1S/C16H18N4O/c1-16(2,21)12-20(11-13-6-4-3-5-7-13)15-9-8-14(10-17)18-19-15/h3-9,21H,11-12H2,1-2H3. The second-order valence-electron chi connectivity index (χ2n) is 5.54. The number of hydrogen-bond donors (Lipinski definition) is 1. The van der Waals surface area contributed by atoms with Crippen LogP contribution in [0.15, 0.2) is 42.5 Å². The quantitative estimate of drug-likeness (QED) is 0.909. The molecule has 0 saturated heterocycles. The number of nitrogens with zero attached hydrogens (tertiary/aromatic N) is 4. The van der Waals surface area contributed by atoms with E-state index in [0.717, 1.165) is 5.56 Å². The van der Waals surface area contributed by atoms with Gasteiger partial charge in [-0.3, -0.25) is 0 Å². The summed E-state index contributed by atoms with van der Waals surface area (Å²) in [5.74, 6) is 0.639. The van der Waals surface area contributed by atoms with E-state index < -0.39 is 5.60 Å². The molecule has 2 aromatic rings. The van der Waals surface area contributed by atoms with Crippen LogP contribution in [0.2, 0.25) is 0 Å². The van der Waals surface area contributed by atoms with Gasteiger partial charge in [0, 0.05) is 13.1 Å². The molecule has 1 heterocycles. The average Bonchev–Trinajstić information content (AvgIpc) is 2.46. The monoisotopic (exact) mass is 282 g/mol. The molecule has 0 bridgehead atoms. The van der Waals surface area contributed by atoms with E-state index in [1.807, 2.05) is 41.3 Å². The Morgan fingerprint density at radius 2 is 1.86 bits per heavy atom. The molecule has 0 unspecified atom stereocenters. The van der Waals surface area contributed by atoms with Crippen LogP contribution in [-0.4, -0.2) is 27.4 Å². The van der Waals surface area contributed by atoms with Crippen molar-refractivity contribution in [2.24, 2.45) is 0 Å². The van der Waals surface area contributed by atoms with Gasteiger partial charge in [0.2, 0.25) is 0 Å². The number of anilines is 1. The van der Waals surface area contributed by atoms with E-state index in [1.165, 1.54) is 0 Å². The Morgan fingerprint density at radius 1 is 1.14 bits per heavy atom. The highest BCUT2D eigenvalue weighted by atomic mass is 16.3. The van der Waals surface area contributed by atoms with Crippen molar-refractivity contribution in [1.82, 2.24) is 10.2 Å². The Bertz CT molecular complexity index is 611. The lowest BCUT2D eigenvalue weighted by Crippen LogP contribution is -2.38. The van der Waals surface area contributed by atoms with Crippen molar-refractivity contribution in [2.75, 3.05) is 11.4 Å². The molecule has 0 radical (unpaired) electrons. The first-order valence-electron chi connectivity index (χ1n) is 6.73. The summed E-state index contributed by atoms with van der Waals surface area (Å²) in [5, 5.41) is 26.8. The lowest BCUT2D eigenvalue weighted by atomic mass is 10.1. The van der Waals surface area contributed by atoms with E-state index in [9.17, 15) is 5.11 Å². The fourth-order valence-corrected chi connectivity index (χ4v) is 2.04. The minimum Gasteiger partial charge on any atom is -0.389 e. The Labute approximate surface area is 124 Å². The third-order valence-corrected chi connectivity index (χ3v) is 2.88. The van der Waals surface area contributed by atoms with Crippen molar-refractivity contribution in [2.45, 2.75) is 26.0 Å². The molecular formula is C16H18N4O. The maximum absolute atomic E-state index is 10.1. The molecule has 1 aromatic heterocycles. The maximum atomic E-state index is 10.1. The van der Waals surface area contributed by atoms with Crippen LogP contribution in [0.1, 0.15) is 25.1 Å². The highest BCUT2D eigenvalue weighted by Crippen LogP contribution is 2.17. The van der Waals surface area contributed by atoms with Crippen molar-refractivity contribution in [3.63, 3.8) is 0 Å². The molecule has 5 heteroatoms. The molecule has 1 N–H and O–H groups in total. The molecule has 0 aliphatic heterocycles. The summed E-state index contributed by atoms with van der Waals surface area (Å²) in [6, 6.07) is 15.3. The second kappa shape index (κ2) is 6.33. The van der Waals surface area contributed by atoms with Crippen LogP contribution in [0.3, 0.4) is 0 Å². The SMILES string of the molecule is CC(C)(O)CN(Cc1ccccc1)c1ccc(C#N)nn1. The maximum Gasteiger partial charge on any atom is 0.163 e. The summed E-state index contributed by atoms with van der Waals surface area (Å²) < 4.78 is 0. The number of hydrogen-bond acceptors (Lipinski definition) is 5. The van der Waals surface area contributed by atoms with Gasteiger partial charge in [-0.25, -0.2) is 0 Å². The van der Waals surface area contributed by atoms with Gasteiger partial charge in [-0.2, -0.15) is 5.26 Å². The summed E-state index contributed by atoms with van der Waals surface area (Å²) in [7, 11) is 0. The molecule has 0 spiro atoms. The minimum atomic E-state index is -0.857. The normalized spacial score (nSPS) is 11.0. The van der Waals surface area contributed by atoms with Crippen LogP contribution in [0, 0.1) is 11.3 Å². The van der Waals surface area contributed by atoms with Crippen molar-refractivity contribution in [3.05, 3.63) is 53.7 Å². The Balaban J connectivity index is 2.24. The van der Waals surface area contributed by atoms with E-state index >= 15 is 0 Å². The summed E-state index contributed by atoms with van der Waals surface area (Å²) in [6.07, 6.45) is 0. The first-order valence-corrected chi connectivity index (χ1v) is 6.73. The smallest absolute Gasteiger partial charge is 0.163 e. The number of benzene rings is 1. The molecule has 21 heavy (non-hydrogen) atoms. The number of rotatable bonds is 5. The van der Waals surface area contributed by atoms with E-state index in [1.54, 1.807) is 26.0 Å². The molecule has 0 fully saturated rings. The molecule has 0 aliphatic rings. The first kappa shape index (κ1) is 14.9. The fourth-order valence-electron chi connectivity index (χ4n) is 2.04. The van der Waals surface area contributed by atoms with Crippen LogP contribution in [0.4, 0.5) is 5.82 Å². The highest BCUT2D eigenvalue weighted by Gasteiger charge is 2.20. The molecular weight excluding hydrogens is 264 g/mol. The third kappa shape index (κ3) is 4.55. The molecule has 1 aromatic carbocycles. The van der Waals surface area contributed by atoms with Gasteiger partial charge in [-0.05, 0) is 31.5 Å². The zero-order chi connectivity index (χ0) is 15.3. The zero-order valence-corrected chi connectivity index (χ0v) is 12.2. The minimum absolute atomic E-state index is 0.279. The molecule has 5 nitrogen and oxygen atoms in total. The zero-order valence-electron chi connectivity index (χ0n) is 12.2. The Hall–Kier alpha value is -2.45. The van der Waals surface area contributed by atoms with Crippen LogP contribution < -0.4 is 4.90 Å². The van der Waals surface area contributed by atoms with Gasteiger partial charge >= 0.3 is 0 Å². The lowest BCUT2D eigenvalue weighted by Gasteiger charge is -2.29. The largest absolute Gasteiger partial charge is 0.389 e. The number of aromatic nitrogens is 2. The van der Waals surface area contributed by atoms with Gasteiger partial charge < -0.3 is 10.0 Å². The molecule has 0 aliphatic carbocycles. The van der Waals surface area contributed by atoms with Crippen molar-refractivity contribution >= 4 is 5.82 Å². The third-order valence-electron chi connectivity index (χ3n) is 2.88. The second-order valence-corrected chi connectivity index (χ2v) is 5.54. The summed E-state index contributed by atoms with van der Waals surface area (Å²) in [6.45, 7) is 4.54. The highest BCUT2D eigenvalue weighted by molar-refractivity contribution is 5.40. The van der Waals surface area contributed by atoms with E-state index in [0.29, 0.717) is 18.9 Å². The van der Waals surface area contributed by atoms with Crippen molar-refractivity contribution in [1.29, 1.82) is 5.26 Å². The van der Waals surface area contributed by atoms with Crippen molar-refractivity contribution < 1.29 is 5.11 Å². The van der Waals surface area contributed by atoms with Crippen LogP contribution in [-0.2, 0) is 6.54 Å². The van der Waals surface area contributed by atoms with Crippen LogP contribution in [0.5, 0.6) is 0 Å². The van der Waals surface area contributed by atoms with Crippen LogP contribution >= 0.6 is 0 Å². The predicted molar refractivity (Wildman–Crippen MR) is 80.5 cm³/mol. The predicted octanol–water partition coefficient (Wildman–Crippen LogP) is 2.13. The van der Waals surface area contributed by atoms with Gasteiger partial charge in [-0.15, -0.1) is 10.2 Å². The Kier molecular flexibility index (Phi) is 4.51. The average molecular weight is 282 g/mol. The van der Waals surface area contributed by atoms with E-state index in [-0.39, 0.29) is 5.69 Å². The topological polar surface area (TPSA) is 73.0 Å². The lowest BCUT2D eigenvalue weighted by molar-refractivity contribution is 0.0868. The molecule has 0 amide bonds. The molecule has 108 valence electrons. The fraction of sp³-hybridized carbons (Fsp3) is 0.312. The van der Waals surface area contributed by atoms with Gasteiger partial charge in [0.25, 0.3) is 0 Å². The van der Waals surface area contributed by atoms with Crippen LogP contribution in [0.25, 0.3) is 0 Å². The van der Waals surface area contributed by atoms with E-state index in [2.05, 4.69) is 10.2 Å². The molecule has 0 saturated carbocycles. The van der Waals surface area contributed by atoms with Crippen molar-refractivity contribution in [3.8, 4) is 6.07 Å².